The molecule has 1 saturated heterocycles. The first kappa shape index (κ1) is 17.0. The molecular formula is C15H21N5O3S. The third-order valence-corrected chi connectivity index (χ3v) is 5.69. The molecule has 0 unspecified atom stereocenters. The van der Waals surface area contributed by atoms with Crippen LogP contribution >= 0.6 is 0 Å². The highest BCUT2D eigenvalue weighted by Gasteiger charge is 2.31. The molecular weight excluding hydrogens is 330 g/mol. The third kappa shape index (κ3) is 3.80. The standard InChI is InChI=1S/C15H21N5O3S/c1-12-5-14(17-10-16-12)6-13-7-20(3-4-23-9-13)24(21,22)15-8-19(2)11-18-15/h5,8,10-11,13H,3-4,6-7,9H2,1-2H3/t13-/m0/s1. The van der Waals surface area contributed by atoms with E-state index in [-0.39, 0.29) is 10.9 Å². The molecule has 1 aliphatic rings. The number of hydrogen-bond donors (Lipinski definition) is 0. The van der Waals surface area contributed by atoms with E-state index >= 15 is 0 Å². The summed E-state index contributed by atoms with van der Waals surface area (Å²) in [5.74, 6) is 0.0419. The van der Waals surface area contributed by atoms with Gasteiger partial charge in [-0.1, -0.05) is 0 Å². The van der Waals surface area contributed by atoms with Gasteiger partial charge in [-0.05, 0) is 19.4 Å². The number of imidazole rings is 1. The quantitative estimate of drug-likeness (QED) is 0.792. The van der Waals surface area contributed by atoms with Gasteiger partial charge in [-0.15, -0.1) is 0 Å². The fourth-order valence-electron chi connectivity index (χ4n) is 2.76. The van der Waals surface area contributed by atoms with Crippen molar-refractivity contribution >= 4 is 10.0 Å². The molecule has 0 radical (unpaired) electrons. The summed E-state index contributed by atoms with van der Waals surface area (Å²) in [6.07, 6.45) is 5.19. The molecule has 0 aromatic carbocycles. The first-order valence-electron chi connectivity index (χ1n) is 7.78. The summed E-state index contributed by atoms with van der Waals surface area (Å²) in [5, 5.41) is 0.0727. The Morgan fingerprint density at radius 3 is 2.88 bits per heavy atom. The number of aromatic nitrogens is 4. The van der Waals surface area contributed by atoms with Crippen molar-refractivity contribution in [3.63, 3.8) is 0 Å². The molecule has 2 aromatic heterocycles. The molecule has 1 fully saturated rings. The molecule has 3 heterocycles. The van der Waals surface area contributed by atoms with Gasteiger partial charge in [-0.3, -0.25) is 0 Å². The molecule has 0 saturated carbocycles. The second-order valence-electron chi connectivity index (χ2n) is 6.04. The van der Waals surface area contributed by atoms with Crippen LogP contribution in [0.1, 0.15) is 11.4 Å². The summed E-state index contributed by atoms with van der Waals surface area (Å²) < 4.78 is 34.2. The van der Waals surface area contributed by atoms with E-state index in [0.717, 1.165) is 11.4 Å². The van der Waals surface area contributed by atoms with Crippen LogP contribution in [0.2, 0.25) is 0 Å². The van der Waals surface area contributed by atoms with E-state index in [1.54, 1.807) is 11.6 Å². The molecule has 0 spiro atoms. The van der Waals surface area contributed by atoms with Crippen molar-refractivity contribution in [1.82, 2.24) is 23.8 Å². The lowest BCUT2D eigenvalue weighted by molar-refractivity contribution is 0.122. The molecule has 3 rings (SSSR count). The normalized spacial score (nSPS) is 20.0. The Balaban J connectivity index is 1.77. The topological polar surface area (TPSA) is 90.2 Å². The van der Waals surface area contributed by atoms with Gasteiger partial charge in [0.05, 0.1) is 19.5 Å². The predicted octanol–water partition coefficient (Wildman–Crippen LogP) is 0.398. The lowest BCUT2D eigenvalue weighted by Crippen LogP contribution is -2.36. The van der Waals surface area contributed by atoms with Crippen molar-refractivity contribution < 1.29 is 13.2 Å². The highest BCUT2D eigenvalue weighted by molar-refractivity contribution is 7.89. The summed E-state index contributed by atoms with van der Waals surface area (Å²) in [6, 6.07) is 1.92. The largest absolute Gasteiger partial charge is 0.380 e. The molecule has 0 bridgehead atoms. The van der Waals surface area contributed by atoms with Crippen molar-refractivity contribution in [2.24, 2.45) is 13.0 Å². The molecule has 2 aromatic rings. The summed E-state index contributed by atoms with van der Waals surface area (Å²) in [4.78, 5) is 12.3. The maximum atomic E-state index is 12.8. The second-order valence-corrected chi connectivity index (χ2v) is 7.92. The second kappa shape index (κ2) is 6.96. The Morgan fingerprint density at radius 2 is 2.17 bits per heavy atom. The van der Waals surface area contributed by atoms with Crippen molar-refractivity contribution in [2.75, 3.05) is 26.3 Å². The molecule has 8 nitrogen and oxygen atoms in total. The molecule has 130 valence electrons. The van der Waals surface area contributed by atoms with Gasteiger partial charge in [0.25, 0.3) is 10.0 Å². The van der Waals surface area contributed by atoms with E-state index in [4.69, 9.17) is 4.74 Å². The number of nitrogens with zero attached hydrogens (tertiary/aromatic N) is 5. The molecule has 0 N–H and O–H groups in total. The van der Waals surface area contributed by atoms with Crippen molar-refractivity contribution in [3.05, 3.63) is 36.3 Å². The van der Waals surface area contributed by atoms with Gasteiger partial charge < -0.3 is 9.30 Å². The van der Waals surface area contributed by atoms with E-state index < -0.39 is 10.0 Å². The maximum Gasteiger partial charge on any atom is 0.262 e. The van der Waals surface area contributed by atoms with Crippen LogP contribution in [0.5, 0.6) is 0 Å². The minimum absolute atomic E-state index is 0.0419. The van der Waals surface area contributed by atoms with Crippen molar-refractivity contribution in [2.45, 2.75) is 18.4 Å². The van der Waals surface area contributed by atoms with Crippen LogP contribution in [0.25, 0.3) is 0 Å². The SMILES string of the molecule is Cc1cc(C[C@@H]2COCCN(S(=O)(=O)c3cn(C)cn3)C2)ncn1. The lowest BCUT2D eigenvalue weighted by atomic mass is 10.0. The van der Waals surface area contributed by atoms with Crippen molar-refractivity contribution in [1.29, 1.82) is 0 Å². The highest BCUT2D eigenvalue weighted by atomic mass is 32.2. The average Bonchev–Trinajstić information content (AvgIpc) is 2.83. The van der Waals surface area contributed by atoms with Gasteiger partial charge in [0, 0.05) is 43.6 Å². The van der Waals surface area contributed by atoms with E-state index in [1.807, 2.05) is 13.0 Å². The van der Waals surface area contributed by atoms with Gasteiger partial charge in [-0.2, -0.15) is 4.31 Å². The van der Waals surface area contributed by atoms with E-state index in [9.17, 15) is 8.42 Å². The Kier molecular flexibility index (Phi) is 4.93. The average molecular weight is 351 g/mol. The summed E-state index contributed by atoms with van der Waals surface area (Å²) >= 11 is 0. The fraction of sp³-hybridized carbons (Fsp3) is 0.533. The Labute approximate surface area is 141 Å². The molecule has 0 amide bonds. The summed E-state index contributed by atoms with van der Waals surface area (Å²) in [6.45, 7) is 3.52. The molecule has 0 aliphatic carbocycles. The van der Waals surface area contributed by atoms with Crippen LogP contribution in [0.3, 0.4) is 0 Å². The number of rotatable bonds is 4. The van der Waals surface area contributed by atoms with Gasteiger partial charge in [-0.25, -0.2) is 23.4 Å². The van der Waals surface area contributed by atoms with E-state index in [2.05, 4.69) is 15.0 Å². The monoisotopic (exact) mass is 351 g/mol. The Hall–Kier alpha value is -1.84. The zero-order valence-electron chi connectivity index (χ0n) is 13.8. The Bertz CT molecular complexity index is 805. The van der Waals surface area contributed by atoms with Gasteiger partial charge in [0.15, 0.2) is 5.03 Å². The fourth-order valence-corrected chi connectivity index (χ4v) is 4.23. The zero-order valence-corrected chi connectivity index (χ0v) is 14.6. The first-order valence-corrected chi connectivity index (χ1v) is 9.22. The molecule has 1 atom stereocenters. The Morgan fingerprint density at radius 1 is 1.33 bits per heavy atom. The third-order valence-electron chi connectivity index (χ3n) is 3.94. The molecule has 1 aliphatic heterocycles. The van der Waals surface area contributed by atoms with Gasteiger partial charge in [0.2, 0.25) is 0 Å². The highest BCUT2D eigenvalue weighted by Crippen LogP contribution is 2.19. The zero-order chi connectivity index (χ0) is 17.2. The number of aryl methyl sites for hydroxylation is 2. The van der Waals surface area contributed by atoms with Crippen LogP contribution < -0.4 is 0 Å². The van der Waals surface area contributed by atoms with Crippen molar-refractivity contribution in [3.8, 4) is 0 Å². The van der Waals surface area contributed by atoms with Gasteiger partial charge in [0.1, 0.15) is 6.33 Å². The number of hydrogen-bond acceptors (Lipinski definition) is 6. The van der Waals surface area contributed by atoms with Crippen LogP contribution in [0.4, 0.5) is 0 Å². The van der Waals surface area contributed by atoms with Gasteiger partial charge >= 0.3 is 0 Å². The predicted molar refractivity (Wildman–Crippen MR) is 86.7 cm³/mol. The van der Waals surface area contributed by atoms with E-state index in [1.165, 1.54) is 23.2 Å². The first-order chi connectivity index (χ1) is 11.4. The molecule has 9 heteroatoms. The number of ether oxygens (including phenoxy) is 1. The maximum absolute atomic E-state index is 12.8. The lowest BCUT2D eigenvalue weighted by Gasteiger charge is -2.22. The van der Waals surface area contributed by atoms with Crippen LogP contribution in [0, 0.1) is 12.8 Å². The summed E-state index contributed by atoms with van der Waals surface area (Å²) in [7, 11) is -1.86. The number of sulfonamides is 1. The molecule has 24 heavy (non-hydrogen) atoms. The van der Waals surface area contributed by atoms with Crippen LogP contribution in [-0.2, 0) is 28.2 Å². The minimum atomic E-state index is -3.61. The minimum Gasteiger partial charge on any atom is -0.380 e. The van der Waals surface area contributed by atoms with E-state index in [0.29, 0.717) is 32.7 Å². The smallest absolute Gasteiger partial charge is 0.262 e. The van der Waals surface area contributed by atoms with Crippen LogP contribution in [-0.4, -0.2) is 58.5 Å². The van der Waals surface area contributed by atoms with Crippen LogP contribution in [0.15, 0.2) is 29.9 Å². The summed E-state index contributed by atoms with van der Waals surface area (Å²) in [5.41, 5.74) is 1.79.